The second-order valence-electron chi connectivity index (χ2n) is 5.47. The van der Waals surface area contributed by atoms with E-state index in [1.54, 1.807) is 0 Å². The number of thiophene rings is 1. The molecule has 0 bridgehead atoms. The second kappa shape index (κ2) is 6.41. The highest BCUT2D eigenvalue weighted by Crippen LogP contribution is 2.25. The maximum atomic E-state index is 12.3. The summed E-state index contributed by atoms with van der Waals surface area (Å²) in [5, 5.41) is 5.18. The molecule has 1 amide bonds. The average molecular weight is 300 g/mol. The van der Waals surface area contributed by atoms with E-state index >= 15 is 0 Å². The van der Waals surface area contributed by atoms with E-state index in [1.807, 2.05) is 48.6 Å². The fraction of sp³-hybridized carbons (Fsp3) is 0.353. The van der Waals surface area contributed by atoms with Gasteiger partial charge in [0.2, 0.25) is 5.91 Å². The number of fused-ring (bicyclic) bond motifs is 1. The monoisotopic (exact) mass is 300 g/mol. The summed E-state index contributed by atoms with van der Waals surface area (Å²) < 4.78 is 0. The number of hydrogen-bond acceptors (Lipinski definition) is 3. The third-order valence-corrected chi connectivity index (χ3v) is 5.10. The molecule has 1 aromatic carbocycles. The Bertz CT molecular complexity index is 608. The molecule has 1 atom stereocenters. The molecule has 3 rings (SSSR count). The van der Waals surface area contributed by atoms with Crippen LogP contribution in [-0.2, 0) is 24.3 Å². The Morgan fingerprint density at radius 1 is 1.33 bits per heavy atom. The highest BCUT2D eigenvalue weighted by molar-refractivity contribution is 7.10. The van der Waals surface area contributed by atoms with Gasteiger partial charge in [-0.05, 0) is 35.9 Å². The van der Waals surface area contributed by atoms with Gasteiger partial charge in [-0.2, -0.15) is 0 Å². The lowest BCUT2D eigenvalue weighted by molar-refractivity contribution is -0.126. The first kappa shape index (κ1) is 14.3. The van der Waals surface area contributed by atoms with Crippen molar-refractivity contribution in [2.24, 2.45) is 0 Å². The van der Waals surface area contributed by atoms with Crippen molar-refractivity contribution in [3.8, 4) is 0 Å². The van der Waals surface area contributed by atoms with Crippen LogP contribution >= 0.6 is 11.3 Å². The van der Waals surface area contributed by atoms with Crippen molar-refractivity contribution in [2.45, 2.75) is 32.5 Å². The summed E-state index contributed by atoms with van der Waals surface area (Å²) in [6, 6.07) is 12.1. The number of hydrogen-bond donors (Lipinski definition) is 1. The third-order valence-electron chi connectivity index (χ3n) is 4.07. The largest absolute Gasteiger partial charge is 0.351 e. The van der Waals surface area contributed by atoms with Gasteiger partial charge in [0.1, 0.15) is 0 Å². The van der Waals surface area contributed by atoms with Crippen LogP contribution in [0, 0.1) is 0 Å². The van der Waals surface area contributed by atoms with E-state index in [1.165, 1.54) is 10.4 Å². The predicted molar refractivity (Wildman–Crippen MR) is 86.2 cm³/mol. The van der Waals surface area contributed by atoms with Crippen LogP contribution < -0.4 is 5.32 Å². The van der Waals surface area contributed by atoms with Crippen molar-refractivity contribution in [3.05, 3.63) is 57.8 Å². The highest BCUT2D eigenvalue weighted by atomic mass is 32.1. The smallest absolute Gasteiger partial charge is 0.237 e. The minimum absolute atomic E-state index is 0.0817. The number of benzene rings is 1. The zero-order valence-corrected chi connectivity index (χ0v) is 13.0. The molecule has 1 N–H and O–H groups in total. The molecule has 21 heavy (non-hydrogen) atoms. The van der Waals surface area contributed by atoms with Crippen molar-refractivity contribution < 1.29 is 4.79 Å². The van der Waals surface area contributed by atoms with Crippen molar-refractivity contribution in [1.82, 2.24) is 10.2 Å². The number of carbonyl (C=O) groups excluding carboxylic acids is 1. The summed E-state index contributed by atoms with van der Waals surface area (Å²) >= 11 is 1.83. The Labute approximate surface area is 129 Å². The van der Waals surface area contributed by atoms with Gasteiger partial charge in [0.05, 0.1) is 6.04 Å². The molecule has 1 aromatic heterocycles. The molecule has 110 valence electrons. The summed E-state index contributed by atoms with van der Waals surface area (Å²) in [6.07, 6.45) is 1.06. The molecule has 2 heterocycles. The van der Waals surface area contributed by atoms with Gasteiger partial charge in [0, 0.05) is 24.5 Å². The number of carbonyl (C=O) groups is 1. The summed E-state index contributed by atoms with van der Waals surface area (Å²) in [4.78, 5) is 16.1. The quantitative estimate of drug-likeness (QED) is 0.941. The molecule has 1 unspecified atom stereocenters. The SMILES string of the molecule is CC(C(=O)NCc1ccccc1)N1CCc2sccc2C1. The molecule has 1 aliphatic heterocycles. The number of nitrogens with zero attached hydrogens (tertiary/aromatic N) is 1. The molecule has 2 aromatic rings. The van der Waals surface area contributed by atoms with Crippen molar-refractivity contribution in [1.29, 1.82) is 0 Å². The van der Waals surface area contributed by atoms with Gasteiger partial charge >= 0.3 is 0 Å². The van der Waals surface area contributed by atoms with E-state index in [4.69, 9.17) is 0 Å². The molecule has 0 radical (unpaired) electrons. The van der Waals surface area contributed by atoms with Crippen LogP contribution in [-0.4, -0.2) is 23.4 Å². The zero-order valence-electron chi connectivity index (χ0n) is 12.2. The Morgan fingerprint density at radius 2 is 2.14 bits per heavy atom. The van der Waals surface area contributed by atoms with Crippen LogP contribution in [0.2, 0.25) is 0 Å². The van der Waals surface area contributed by atoms with Gasteiger partial charge in [-0.15, -0.1) is 11.3 Å². The average Bonchev–Trinajstić information content (AvgIpc) is 3.00. The highest BCUT2D eigenvalue weighted by Gasteiger charge is 2.25. The van der Waals surface area contributed by atoms with Crippen LogP contribution in [0.25, 0.3) is 0 Å². The van der Waals surface area contributed by atoms with Crippen LogP contribution in [0.5, 0.6) is 0 Å². The molecule has 0 saturated carbocycles. The van der Waals surface area contributed by atoms with E-state index < -0.39 is 0 Å². The van der Waals surface area contributed by atoms with Gasteiger partial charge in [0.15, 0.2) is 0 Å². The lowest BCUT2D eigenvalue weighted by Gasteiger charge is -2.31. The Kier molecular flexibility index (Phi) is 4.36. The van der Waals surface area contributed by atoms with Gasteiger partial charge in [-0.1, -0.05) is 30.3 Å². The number of amides is 1. The zero-order chi connectivity index (χ0) is 14.7. The van der Waals surface area contributed by atoms with Crippen LogP contribution in [0.3, 0.4) is 0 Å². The lowest BCUT2D eigenvalue weighted by atomic mass is 10.1. The maximum Gasteiger partial charge on any atom is 0.237 e. The Hall–Kier alpha value is -1.65. The van der Waals surface area contributed by atoms with Gasteiger partial charge in [0.25, 0.3) is 0 Å². The van der Waals surface area contributed by atoms with Gasteiger partial charge in [-0.3, -0.25) is 9.69 Å². The fourth-order valence-corrected chi connectivity index (χ4v) is 3.59. The van der Waals surface area contributed by atoms with Crippen LogP contribution in [0.1, 0.15) is 22.9 Å². The normalized spacial score (nSPS) is 16.2. The summed E-state index contributed by atoms with van der Waals surface area (Å²) in [5.74, 6) is 0.109. The van der Waals surface area contributed by atoms with Crippen molar-refractivity contribution in [3.63, 3.8) is 0 Å². The molecular weight excluding hydrogens is 280 g/mol. The number of nitrogens with one attached hydrogen (secondary N) is 1. The molecule has 4 heteroatoms. The molecule has 1 aliphatic rings. The van der Waals surface area contributed by atoms with Gasteiger partial charge in [-0.25, -0.2) is 0 Å². The fourth-order valence-electron chi connectivity index (χ4n) is 2.70. The standard InChI is InChI=1S/C17H20N2OS/c1-13(17(20)18-11-14-5-3-2-4-6-14)19-9-7-16-15(12-19)8-10-21-16/h2-6,8,10,13H,7,9,11-12H2,1H3,(H,18,20). The first-order chi connectivity index (χ1) is 10.2. The predicted octanol–water partition coefficient (Wildman–Crippen LogP) is 2.81. The molecule has 0 spiro atoms. The van der Waals surface area contributed by atoms with Crippen LogP contribution in [0.15, 0.2) is 41.8 Å². The maximum absolute atomic E-state index is 12.3. The van der Waals surface area contributed by atoms with Crippen molar-refractivity contribution in [2.75, 3.05) is 6.54 Å². The summed E-state index contributed by atoms with van der Waals surface area (Å²) in [5.41, 5.74) is 2.52. The van der Waals surface area contributed by atoms with E-state index in [2.05, 4.69) is 21.7 Å². The third kappa shape index (κ3) is 3.34. The Balaban J connectivity index is 1.55. The van der Waals surface area contributed by atoms with E-state index in [-0.39, 0.29) is 11.9 Å². The molecular formula is C17H20N2OS. The van der Waals surface area contributed by atoms with E-state index in [0.717, 1.165) is 25.1 Å². The van der Waals surface area contributed by atoms with E-state index in [0.29, 0.717) is 6.54 Å². The molecule has 0 fully saturated rings. The molecule has 0 aliphatic carbocycles. The van der Waals surface area contributed by atoms with Crippen LogP contribution in [0.4, 0.5) is 0 Å². The second-order valence-corrected chi connectivity index (χ2v) is 6.47. The summed E-state index contributed by atoms with van der Waals surface area (Å²) in [7, 11) is 0. The van der Waals surface area contributed by atoms with Gasteiger partial charge < -0.3 is 5.32 Å². The minimum Gasteiger partial charge on any atom is -0.351 e. The minimum atomic E-state index is -0.0817. The lowest BCUT2D eigenvalue weighted by Crippen LogP contribution is -2.46. The molecule has 3 nitrogen and oxygen atoms in total. The van der Waals surface area contributed by atoms with E-state index in [9.17, 15) is 4.79 Å². The molecule has 0 saturated heterocycles. The first-order valence-corrected chi connectivity index (χ1v) is 8.23. The van der Waals surface area contributed by atoms with Crippen molar-refractivity contribution >= 4 is 17.2 Å². The number of rotatable bonds is 4. The summed E-state index contributed by atoms with van der Waals surface area (Å²) in [6.45, 7) is 4.45. The topological polar surface area (TPSA) is 32.3 Å². The Morgan fingerprint density at radius 3 is 2.95 bits per heavy atom. The first-order valence-electron chi connectivity index (χ1n) is 7.35.